The van der Waals surface area contributed by atoms with Crippen molar-refractivity contribution in [1.29, 1.82) is 0 Å². The van der Waals surface area contributed by atoms with Crippen molar-refractivity contribution in [3.8, 4) is 0 Å². The van der Waals surface area contributed by atoms with E-state index in [2.05, 4.69) is 25.4 Å². The molecule has 3 nitrogen and oxygen atoms in total. The Morgan fingerprint density at radius 2 is 2.38 bits per heavy atom. The van der Waals surface area contributed by atoms with Crippen LogP contribution >= 0.6 is 0 Å². The lowest BCUT2D eigenvalue weighted by atomic mass is 10.1. The first kappa shape index (κ1) is 9.58. The van der Waals surface area contributed by atoms with Gasteiger partial charge in [0.1, 0.15) is 0 Å². The number of aromatic nitrogens is 2. The smallest absolute Gasteiger partial charge is 0.204 e. The molecule has 13 heavy (non-hydrogen) atoms. The first-order valence-corrected chi connectivity index (χ1v) is 4.27. The third-order valence-electron chi connectivity index (χ3n) is 1.89. The number of hydrogen-bond acceptors (Lipinski definition) is 2. The van der Waals surface area contributed by atoms with Gasteiger partial charge in [-0.05, 0) is 11.5 Å². The highest BCUT2D eigenvalue weighted by molar-refractivity contribution is 5.43. The molecule has 2 N–H and O–H groups in total. The minimum absolute atomic E-state index is 0.444. The Hall–Kier alpha value is -1.51. The number of nitrogens with zero attached hydrogens (tertiary/aromatic N) is 2. The van der Waals surface area contributed by atoms with Crippen molar-refractivity contribution in [3.63, 3.8) is 0 Å². The van der Waals surface area contributed by atoms with Crippen molar-refractivity contribution < 1.29 is 0 Å². The second-order valence-corrected chi connectivity index (χ2v) is 3.18. The molecule has 0 aliphatic carbocycles. The van der Waals surface area contributed by atoms with E-state index in [1.807, 2.05) is 18.5 Å². The Bertz CT molecular complexity index is 321. The molecule has 0 radical (unpaired) electrons. The van der Waals surface area contributed by atoms with Crippen molar-refractivity contribution >= 4 is 12.1 Å². The van der Waals surface area contributed by atoms with E-state index in [0.717, 1.165) is 5.57 Å². The van der Waals surface area contributed by atoms with Crippen molar-refractivity contribution in [2.24, 2.45) is 5.92 Å². The molecule has 0 aliphatic rings. The highest BCUT2D eigenvalue weighted by atomic mass is 15.1. The van der Waals surface area contributed by atoms with E-state index < -0.39 is 0 Å². The normalized spacial score (nSPS) is 12.1. The van der Waals surface area contributed by atoms with Gasteiger partial charge in [0.25, 0.3) is 0 Å². The van der Waals surface area contributed by atoms with Gasteiger partial charge in [-0.2, -0.15) is 0 Å². The molecule has 0 aromatic carbocycles. The van der Waals surface area contributed by atoms with Crippen molar-refractivity contribution in [3.05, 3.63) is 30.6 Å². The van der Waals surface area contributed by atoms with Gasteiger partial charge < -0.3 is 5.73 Å². The fraction of sp³-hybridized carbons (Fsp3) is 0.300. The molecule has 0 spiro atoms. The minimum Gasteiger partial charge on any atom is -0.369 e. The number of allylic oxidation sites excluding steroid dienone is 2. The van der Waals surface area contributed by atoms with Crippen LogP contribution in [0.1, 0.15) is 13.8 Å². The highest BCUT2D eigenvalue weighted by Gasteiger charge is 2.00. The molecule has 1 heterocycles. The SMILES string of the molecule is C=C/C(=C\n1ccnc1N)C(C)C. The van der Waals surface area contributed by atoms with Crippen LogP contribution in [0.15, 0.2) is 30.6 Å². The third-order valence-corrected chi connectivity index (χ3v) is 1.89. The molecular formula is C10H15N3. The number of imidazole rings is 1. The molecule has 0 atom stereocenters. The zero-order chi connectivity index (χ0) is 9.84. The van der Waals surface area contributed by atoms with E-state index in [9.17, 15) is 0 Å². The quantitative estimate of drug-likeness (QED) is 0.719. The number of anilines is 1. The monoisotopic (exact) mass is 177 g/mol. The summed E-state index contributed by atoms with van der Waals surface area (Å²) in [5, 5.41) is 0. The lowest BCUT2D eigenvalue weighted by Gasteiger charge is -2.06. The first-order valence-electron chi connectivity index (χ1n) is 4.27. The summed E-state index contributed by atoms with van der Waals surface area (Å²) in [6.45, 7) is 7.97. The lowest BCUT2D eigenvalue weighted by molar-refractivity contribution is 0.792. The van der Waals surface area contributed by atoms with Gasteiger partial charge >= 0.3 is 0 Å². The molecule has 0 bridgehead atoms. The van der Waals surface area contributed by atoms with E-state index in [4.69, 9.17) is 5.73 Å². The molecule has 0 saturated heterocycles. The molecule has 0 aliphatic heterocycles. The summed E-state index contributed by atoms with van der Waals surface area (Å²) in [6.07, 6.45) is 7.28. The van der Waals surface area contributed by atoms with Crippen LogP contribution in [0.25, 0.3) is 6.20 Å². The second kappa shape index (κ2) is 3.94. The van der Waals surface area contributed by atoms with Crippen LogP contribution in [-0.2, 0) is 0 Å². The largest absolute Gasteiger partial charge is 0.369 e. The van der Waals surface area contributed by atoms with E-state index in [1.165, 1.54) is 0 Å². The molecule has 1 aromatic rings. The number of rotatable bonds is 3. The first-order chi connectivity index (χ1) is 6.15. The summed E-state index contributed by atoms with van der Waals surface area (Å²) >= 11 is 0. The summed E-state index contributed by atoms with van der Waals surface area (Å²) in [7, 11) is 0. The number of hydrogen-bond donors (Lipinski definition) is 1. The fourth-order valence-electron chi connectivity index (χ4n) is 1.03. The maximum atomic E-state index is 5.62. The van der Waals surface area contributed by atoms with Crippen LogP contribution in [0, 0.1) is 5.92 Å². The summed E-state index contributed by atoms with van der Waals surface area (Å²) in [5.74, 6) is 0.944. The van der Waals surface area contributed by atoms with Gasteiger partial charge in [0, 0.05) is 18.6 Å². The molecular weight excluding hydrogens is 162 g/mol. The molecule has 0 unspecified atom stereocenters. The predicted molar refractivity (Wildman–Crippen MR) is 55.9 cm³/mol. The maximum Gasteiger partial charge on any atom is 0.204 e. The Balaban J connectivity index is 2.98. The molecule has 0 fully saturated rings. The summed E-state index contributed by atoms with van der Waals surface area (Å²) in [5.41, 5.74) is 6.76. The van der Waals surface area contributed by atoms with E-state index in [1.54, 1.807) is 10.8 Å². The Labute approximate surface area is 78.6 Å². The predicted octanol–water partition coefficient (Wildman–Crippen LogP) is 2.15. The molecule has 1 rings (SSSR count). The standard InChI is InChI=1S/C10H15N3/c1-4-9(8(2)3)7-13-6-5-12-10(13)11/h4-8H,1H2,2-3H3,(H2,11,12)/b9-7+. The van der Waals surface area contributed by atoms with Gasteiger partial charge in [-0.1, -0.05) is 26.5 Å². The van der Waals surface area contributed by atoms with Crippen molar-refractivity contribution in [1.82, 2.24) is 9.55 Å². The Morgan fingerprint density at radius 3 is 2.77 bits per heavy atom. The Kier molecular flexibility index (Phi) is 2.90. The van der Waals surface area contributed by atoms with Gasteiger partial charge in [0.2, 0.25) is 5.95 Å². The van der Waals surface area contributed by atoms with Crippen LogP contribution in [0.4, 0.5) is 5.95 Å². The van der Waals surface area contributed by atoms with Crippen LogP contribution in [0.2, 0.25) is 0 Å². The van der Waals surface area contributed by atoms with Crippen LogP contribution < -0.4 is 5.73 Å². The minimum atomic E-state index is 0.444. The number of nitrogens with two attached hydrogens (primary N) is 1. The zero-order valence-corrected chi connectivity index (χ0v) is 8.07. The van der Waals surface area contributed by atoms with Gasteiger partial charge in [-0.3, -0.25) is 4.57 Å². The molecule has 0 amide bonds. The van der Waals surface area contributed by atoms with Crippen LogP contribution in [-0.4, -0.2) is 9.55 Å². The fourth-order valence-corrected chi connectivity index (χ4v) is 1.03. The third kappa shape index (κ3) is 2.21. The zero-order valence-electron chi connectivity index (χ0n) is 8.07. The van der Waals surface area contributed by atoms with Crippen molar-refractivity contribution in [2.75, 3.05) is 5.73 Å². The summed E-state index contributed by atoms with van der Waals surface area (Å²) < 4.78 is 1.79. The molecule has 0 saturated carbocycles. The van der Waals surface area contributed by atoms with Crippen LogP contribution in [0.5, 0.6) is 0 Å². The number of nitrogen functional groups attached to an aromatic ring is 1. The van der Waals surface area contributed by atoms with Gasteiger partial charge in [-0.15, -0.1) is 0 Å². The van der Waals surface area contributed by atoms with E-state index in [-0.39, 0.29) is 0 Å². The summed E-state index contributed by atoms with van der Waals surface area (Å²) in [4.78, 5) is 3.93. The lowest BCUT2D eigenvalue weighted by Crippen LogP contribution is -1.98. The molecule has 3 heteroatoms. The maximum absolute atomic E-state index is 5.62. The van der Waals surface area contributed by atoms with Crippen molar-refractivity contribution in [2.45, 2.75) is 13.8 Å². The van der Waals surface area contributed by atoms with Gasteiger partial charge in [0.05, 0.1) is 0 Å². The molecule has 70 valence electrons. The highest BCUT2D eigenvalue weighted by Crippen LogP contribution is 2.13. The van der Waals surface area contributed by atoms with Crippen LogP contribution in [0.3, 0.4) is 0 Å². The topological polar surface area (TPSA) is 43.8 Å². The summed E-state index contributed by atoms with van der Waals surface area (Å²) in [6, 6.07) is 0. The van der Waals surface area contributed by atoms with Gasteiger partial charge in [-0.25, -0.2) is 4.98 Å². The van der Waals surface area contributed by atoms with E-state index in [0.29, 0.717) is 11.9 Å². The average Bonchev–Trinajstić information content (AvgIpc) is 2.46. The second-order valence-electron chi connectivity index (χ2n) is 3.18. The average molecular weight is 177 g/mol. The Morgan fingerprint density at radius 1 is 1.69 bits per heavy atom. The van der Waals surface area contributed by atoms with E-state index >= 15 is 0 Å². The molecule has 1 aromatic heterocycles. The van der Waals surface area contributed by atoms with Gasteiger partial charge in [0.15, 0.2) is 0 Å².